The van der Waals surface area contributed by atoms with Crippen molar-refractivity contribution in [1.29, 1.82) is 0 Å². The van der Waals surface area contributed by atoms with Crippen LogP contribution in [-0.4, -0.2) is 6.54 Å². The van der Waals surface area contributed by atoms with Crippen molar-refractivity contribution in [3.05, 3.63) is 29.1 Å². The first-order valence-corrected chi connectivity index (χ1v) is 4.49. The van der Waals surface area contributed by atoms with Gasteiger partial charge in [-0.15, -0.1) is 0 Å². The van der Waals surface area contributed by atoms with Gasteiger partial charge in [0.25, 0.3) is 0 Å². The van der Waals surface area contributed by atoms with Gasteiger partial charge in [0.1, 0.15) is 5.82 Å². The number of hydrogen-bond donors (Lipinski definition) is 2. The Morgan fingerprint density at radius 1 is 1.54 bits per heavy atom. The zero-order valence-corrected chi connectivity index (χ0v) is 7.60. The van der Waals surface area contributed by atoms with Crippen LogP contribution in [-0.2, 0) is 6.42 Å². The minimum absolute atomic E-state index is 0.245. The van der Waals surface area contributed by atoms with Crippen LogP contribution in [0.4, 0.5) is 10.1 Å². The third-order valence-electron chi connectivity index (χ3n) is 2.57. The summed E-state index contributed by atoms with van der Waals surface area (Å²) < 4.78 is 13.1. The van der Waals surface area contributed by atoms with Crippen LogP contribution in [0, 0.1) is 5.82 Å². The van der Waals surface area contributed by atoms with Crippen LogP contribution in [0.15, 0.2) is 12.1 Å². The lowest BCUT2D eigenvalue weighted by Crippen LogP contribution is -2.28. The molecule has 0 saturated carbocycles. The van der Waals surface area contributed by atoms with E-state index < -0.39 is 0 Å². The molecule has 1 aliphatic heterocycles. The van der Waals surface area contributed by atoms with Crippen LogP contribution < -0.4 is 11.1 Å². The Morgan fingerprint density at radius 3 is 3.08 bits per heavy atom. The Labute approximate surface area is 76.9 Å². The molecule has 70 valence electrons. The fourth-order valence-electron chi connectivity index (χ4n) is 1.80. The maximum atomic E-state index is 13.1. The van der Waals surface area contributed by atoms with Gasteiger partial charge in [0, 0.05) is 6.04 Å². The van der Waals surface area contributed by atoms with E-state index >= 15 is 0 Å². The second-order valence-corrected chi connectivity index (χ2v) is 3.50. The van der Waals surface area contributed by atoms with Gasteiger partial charge in [-0.3, -0.25) is 0 Å². The topological polar surface area (TPSA) is 38.0 Å². The fourth-order valence-corrected chi connectivity index (χ4v) is 1.80. The molecule has 0 bridgehead atoms. The van der Waals surface area contributed by atoms with Gasteiger partial charge < -0.3 is 11.1 Å². The van der Waals surface area contributed by atoms with Gasteiger partial charge in [-0.1, -0.05) is 0 Å². The highest BCUT2D eigenvalue weighted by Gasteiger charge is 2.17. The van der Waals surface area contributed by atoms with Crippen molar-refractivity contribution in [1.82, 2.24) is 5.32 Å². The number of nitrogen functional groups attached to an aromatic ring is 1. The molecule has 3 heteroatoms. The second-order valence-electron chi connectivity index (χ2n) is 3.50. The quantitative estimate of drug-likeness (QED) is 0.595. The molecule has 2 rings (SSSR count). The number of anilines is 1. The van der Waals surface area contributed by atoms with Crippen molar-refractivity contribution in [2.24, 2.45) is 0 Å². The molecule has 1 aliphatic rings. The van der Waals surface area contributed by atoms with Gasteiger partial charge in [-0.2, -0.15) is 0 Å². The minimum Gasteiger partial charge on any atom is -0.396 e. The standard InChI is InChI=1S/C10H13FN2/c1-6-8-5-10(12)9(11)4-7(8)2-3-13-6/h4-6,13H,2-3,12H2,1H3. The molecular formula is C10H13FN2. The summed E-state index contributed by atoms with van der Waals surface area (Å²) in [5, 5.41) is 3.31. The lowest BCUT2D eigenvalue weighted by atomic mass is 9.94. The number of benzene rings is 1. The predicted molar refractivity (Wildman–Crippen MR) is 50.9 cm³/mol. The SMILES string of the molecule is CC1NCCc2cc(F)c(N)cc21. The van der Waals surface area contributed by atoms with Gasteiger partial charge in [0.05, 0.1) is 5.69 Å². The van der Waals surface area contributed by atoms with Crippen molar-refractivity contribution in [2.45, 2.75) is 19.4 Å². The van der Waals surface area contributed by atoms with E-state index in [9.17, 15) is 4.39 Å². The summed E-state index contributed by atoms with van der Waals surface area (Å²) in [5.74, 6) is -0.298. The normalized spacial score (nSPS) is 21.2. The number of nitrogens with two attached hydrogens (primary N) is 1. The Bertz CT molecular complexity index is 336. The van der Waals surface area contributed by atoms with E-state index in [4.69, 9.17) is 5.73 Å². The van der Waals surface area contributed by atoms with Crippen LogP contribution in [0.3, 0.4) is 0 Å². The molecule has 0 aliphatic carbocycles. The van der Waals surface area contributed by atoms with Gasteiger partial charge in [-0.25, -0.2) is 4.39 Å². The summed E-state index contributed by atoms with van der Waals surface area (Å²) >= 11 is 0. The first-order chi connectivity index (χ1) is 6.18. The van der Waals surface area contributed by atoms with Crippen molar-refractivity contribution in [3.8, 4) is 0 Å². The molecule has 0 fully saturated rings. The van der Waals surface area contributed by atoms with Crippen molar-refractivity contribution < 1.29 is 4.39 Å². The molecular weight excluding hydrogens is 167 g/mol. The fraction of sp³-hybridized carbons (Fsp3) is 0.400. The largest absolute Gasteiger partial charge is 0.396 e. The van der Waals surface area contributed by atoms with Crippen LogP contribution in [0.2, 0.25) is 0 Å². The maximum absolute atomic E-state index is 13.1. The molecule has 0 aromatic heterocycles. The summed E-state index contributed by atoms with van der Waals surface area (Å²) in [6, 6.07) is 3.58. The Balaban J connectivity index is 2.52. The van der Waals surface area contributed by atoms with Crippen LogP contribution in [0.1, 0.15) is 24.1 Å². The summed E-state index contributed by atoms with van der Waals surface area (Å²) in [7, 11) is 0. The average molecular weight is 180 g/mol. The Hall–Kier alpha value is -1.09. The van der Waals surface area contributed by atoms with Crippen molar-refractivity contribution >= 4 is 5.69 Å². The molecule has 1 aromatic rings. The third-order valence-corrected chi connectivity index (χ3v) is 2.57. The zero-order valence-electron chi connectivity index (χ0n) is 7.60. The third kappa shape index (κ3) is 1.40. The van der Waals surface area contributed by atoms with E-state index in [1.807, 2.05) is 0 Å². The van der Waals surface area contributed by atoms with Gasteiger partial charge in [-0.05, 0) is 43.1 Å². The highest BCUT2D eigenvalue weighted by Crippen LogP contribution is 2.26. The lowest BCUT2D eigenvalue weighted by Gasteiger charge is -2.24. The maximum Gasteiger partial charge on any atom is 0.146 e. The van der Waals surface area contributed by atoms with E-state index in [1.54, 1.807) is 12.1 Å². The number of halogens is 1. The number of nitrogens with one attached hydrogen (secondary N) is 1. The summed E-state index contributed by atoms with van der Waals surface area (Å²) in [6.45, 7) is 2.98. The molecule has 13 heavy (non-hydrogen) atoms. The number of rotatable bonds is 0. The smallest absolute Gasteiger partial charge is 0.146 e. The van der Waals surface area contributed by atoms with E-state index in [0.29, 0.717) is 0 Å². The minimum atomic E-state index is -0.298. The lowest BCUT2D eigenvalue weighted by molar-refractivity contribution is 0.535. The zero-order chi connectivity index (χ0) is 9.42. The van der Waals surface area contributed by atoms with Gasteiger partial charge in [0.15, 0.2) is 0 Å². The molecule has 0 spiro atoms. The Morgan fingerprint density at radius 2 is 2.31 bits per heavy atom. The van der Waals surface area contributed by atoms with E-state index in [-0.39, 0.29) is 17.5 Å². The average Bonchev–Trinajstić information content (AvgIpc) is 2.09. The van der Waals surface area contributed by atoms with Gasteiger partial charge >= 0.3 is 0 Å². The van der Waals surface area contributed by atoms with Crippen LogP contribution in [0.25, 0.3) is 0 Å². The molecule has 0 amide bonds. The van der Waals surface area contributed by atoms with Crippen molar-refractivity contribution in [3.63, 3.8) is 0 Å². The highest BCUT2D eigenvalue weighted by molar-refractivity contribution is 5.48. The van der Waals surface area contributed by atoms with Crippen molar-refractivity contribution in [2.75, 3.05) is 12.3 Å². The summed E-state index contributed by atoms with van der Waals surface area (Å²) in [4.78, 5) is 0. The molecule has 0 radical (unpaired) electrons. The van der Waals surface area contributed by atoms with E-state index in [1.165, 1.54) is 0 Å². The van der Waals surface area contributed by atoms with Gasteiger partial charge in [0.2, 0.25) is 0 Å². The Kier molecular flexibility index (Phi) is 1.96. The first-order valence-electron chi connectivity index (χ1n) is 4.49. The van der Waals surface area contributed by atoms with E-state index in [0.717, 1.165) is 24.1 Å². The van der Waals surface area contributed by atoms with Crippen LogP contribution in [0.5, 0.6) is 0 Å². The highest BCUT2D eigenvalue weighted by atomic mass is 19.1. The number of hydrogen-bond acceptors (Lipinski definition) is 2. The monoisotopic (exact) mass is 180 g/mol. The second kappa shape index (κ2) is 3.00. The molecule has 3 N–H and O–H groups in total. The van der Waals surface area contributed by atoms with Crippen LogP contribution >= 0.6 is 0 Å². The summed E-state index contributed by atoms with van der Waals surface area (Å²) in [6.07, 6.45) is 0.886. The first kappa shape index (κ1) is 8.51. The summed E-state index contributed by atoms with van der Waals surface area (Å²) in [5.41, 5.74) is 7.96. The molecule has 2 nitrogen and oxygen atoms in total. The molecule has 1 heterocycles. The molecule has 1 unspecified atom stereocenters. The van der Waals surface area contributed by atoms with E-state index in [2.05, 4.69) is 12.2 Å². The molecule has 0 saturated heterocycles. The predicted octanol–water partition coefficient (Wildman–Crippen LogP) is 1.61. The molecule has 1 aromatic carbocycles. The number of fused-ring (bicyclic) bond motifs is 1. The molecule has 1 atom stereocenters.